The second-order valence-electron chi connectivity index (χ2n) is 7.49. The number of carbonyl (C=O) groups is 2. The molecule has 2 aromatic rings. The smallest absolute Gasteiger partial charge is 0.256 e. The Bertz CT molecular complexity index is 848. The summed E-state index contributed by atoms with van der Waals surface area (Å²) in [5, 5.41) is 3.12. The number of furan rings is 1. The van der Waals surface area contributed by atoms with Gasteiger partial charge < -0.3 is 19.6 Å². The molecular weight excluding hydrogens is 358 g/mol. The first kappa shape index (κ1) is 19.9. The third kappa shape index (κ3) is 4.18. The van der Waals surface area contributed by atoms with Gasteiger partial charge in [-0.3, -0.25) is 14.4 Å². The molecule has 0 radical (unpaired) electrons. The molecule has 0 spiro atoms. The van der Waals surface area contributed by atoms with Crippen molar-refractivity contribution in [3.05, 3.63) is 58.4 Å². The maximum Gasteiger partial charge on any atom is 0.256 e. The molecule has 0 saturated heterocycles. The van der Waals surface area contributed by atoms with Crippen molar-refractivity contribution in [2.75, 3.05) is 0 Å². The maximum atomic E-state index is 13.3. The first-order chi connectivity index (χ1) is 13.4. The van der Waals surface area contributed by atoms with Gasteiger partial charge in [-0.15, -0.1) is 0 Å². The normalized spacial score (nSPS) is 16.5. The molecule has 2 N–H and O–H groups in total. The molecule has 2 amide bonds. The molecular formula is C21H27N3O4. The van der Waals surface area contributed by atoms with Gasteiger partial charge in [0.05, 0.1) is 18.4 Å². The lowest BCUT2D eigenvalue weighted by atomic mass is 9.93. The summed E-state index contributed by atoms with van der Waals surface area (Å²) in [5.41, 5.74) is -1.02. The maximum absolute atomic E-state index is 13.3. The van der Waals surface area contributed by atoms with Crippen LogP contribution in [-0.2, 0) is 11.3 Å². The Hall–Kier alpha value is -2.83. The molecule has 1 saturated carbocycles. The van der Waals surface area contributed by atoms with Crippen molar-refractivity contribution in [2.24, 2.45) is 0 Å². The van der Waals surface area contributed by atoms with Crippen LogP contribution in [0.5, 0.6) is 0 Å². The largest absolute Gasteiger partial charge is 0.467 e. The summed E-state index contributed by atoms with van der Waals surface area (Å²) in [4.78, 5) is 42.0. The van der Waals surface area contributed by atoms with E-state index in [1.807, 2.05) is 6.92 Å². The van der Waals surface area contributed by atoms with Crippen LogP contribution in [0.2, 0.25) is 0 Å². The van der Waals surface area contributed by atoms with Crippen molar-refractivity contribution in [3.8, 4) is 0 Å². The Morgan fingerprint density at radius 1 is 1.29 bits per heavy atom. The van der Waals surface area contributed by atoms with Gasteiger partial charge in [-0.05, 0) is 44.4 Å². The Morgan fingerprint density at radius 2 is 2.04 bits per heavy atom. The topological polar surface area (TPSA) is 95.4 Å². The number of pyridine rings is 1. The number of aromatic nitrogens is 1. The number of nitrogens with zero attached hydrogens (tertiary/aromatic N) is 1. The lowest BCUT2D eigenvalue weighted by Crippen LogP contribution is -2.59. The van der Waals surface area contributed by atoms with Crippen LogP contribution in [0.4, 0.5) is 0 Å². The van der Waals surface area contributed by atoms with Crippen LogP contribution < -0.4 is 10.9 Å². The predicted molar refractivity (Wildman–Crippen MR) is 105 cm³/mol. The average Bonchev–Trinajstić information content (AvgIpc) is 3.39. The van der Waals surface area contributed by atoms with Gasteiger partial charge in [-0.2, -0.15) is 0 Å². The monoisotopic (exact) mass is 385 g/mol. The van der Waals surface area contributed by atoms with Gasteiger partial charge in [-0.25, -0.2) is 0 Å². The molecule has 3 rings (SSSR count). The number of rotatable bonds is 7. The zero-order chi connectivity index (χ0) is 20.1. The Balaban J connectivity index is 1.92. The lowest BCUT2D eigenvalue weighted by molar-refractivity contribution is -0.132. The summed E-state index contributed by atoms with van der Waals surface area (Å²) < 4.78 is 5.44. The fourth-order valence-corrected chi connectivity index (χ4v) is 3.61. The van der Waals surface area contributed by atoms with Crippen LogP contribution in [-0.4, -0.2) is 33.3 Å². The van der Waals surface area contributed by atoms with Gasteiger partial charge in [0, 0.05) is 18.3 Å². The van der Waals surface area contributed by atoms with E-state index in [1.165, 1.54) is 23.2 Å². The van der Waals surface area contributed by atoms with Crippen LogP contribution in [0.3, 0.4) is 0 Å². The van der Waals surface area contributed by atoms with Gasteiger partial charge >= 0.3 is 0 Å². The highest BCUT2D eigenvalue weighted by Crippen LogP contribution is 2.27. The van der Waals surface area contributed by atoms with Crippen LogP contribution in [0.1, 0.15) is 62.1 Å². The lowest BCUT2D eigenvalue weighted by Gasteiger charge is -2.39. The van der Waals surface area contributed by atoms with Crippen molar-refractivity contribution in [1.29, 1.82) is 0 Å². The van der Waals surface area contributed by atoms with Crippen LogP contribution in [0.25, 0.3) is 0 Å². The highest BCUT2D eigenvalue weighted by atomic mass is 16.3. The Kier molecular flexibility index (Phi) is 6.02. The van der Waals surface area contributed by atoms with E-state index >= 15 is 0 Å². The van der Waals surface area contributed by atoms with Gasteiger partial charge in [0.1, 0.15) is 11.3 Å². The second-order valence-corrected chi connectivity index (χ2v) is 7.49. The Morgan fingerprint density at radius 3 is 2.61 bits per heavy atom. The minimum absolute atomic E-state index is 0.159. The Labute approximate surface area is 164 Å². The number of amides is 2. The molecule has 7 heteroatoms. The number of H-pyrrole nitrogens is 1. The van der Waals surface area contributed by atoms with E-state index in [1.54, 1.807) is 25.3 Å². The summed E-state index contributed by atoms with van der Waals surface area (Å²) >= 11 is 0. The van der Waals surface area contributed by atoms with E-state index in [9.17, 15) is 14.4 Å². The summed E-state index contributed by atoms with van der Waals surface area (Å²) in [6.45, 7) is 3.83. The van der Waals surface area contributed by atoms with Crippen molar-refractivity contribution in [3.63, 3.8) is 0 Å². The molecule has 150 valence electrons. The average molecular weight is 385 g/mol. The van der Waals surface area contributed by atoms with Crippen molar-refractivity contribution >= 4 is 11.8 Å². The zero-order valence-electron chi connectivity index (χ0n) is 16.4. The van der Waals surface area contributed by atoms with Crippen LogP contribution in [0, 0.1) is 0 Å². The van der Waals surface area contributed by atoms with Crippen molar-refractivity contribution in [2.45, 2.75) is 64.1 Å². The van der Waals surface area contributed by atoms with E-state index < -0.39 is 5.54 Å². The minimum Gasteiger partial charge on any atom is -0.467 e. The summed E-state index contributed by atoms with van der Waals surface area (Å²) in [5.74, 6) is 0.0934. The third-order valence-electron chi connectivity index (χ3n) is 5.63. The SMILES string of the molecule is CC[C@@](C)(C(=O)NC1CCCC1)N(Cc1ccco1)C(=O)c1ccc(=O)[nH]c1. The molecule has 0 unspecified atom stereocenters. The molecule has 1 fully saturated rings. The number of aromatic amines is 1. The molecule has 1 atom stereocenters. The molecule has 0 aromatic carbocycles. The van der Waals surface area contributed by atoms with Crippen molar-refractivity contribution in [1.82, 2.24) is 15.2 Å². The predicted octanol–water partition coefficient (Wildman–Crippen LogP) is 2.84. The quantitative estimate of drug-likeness (QED) is 0.766. The van der Waals surface area contributed by atoms with E-state index in [4.69, 9.17) is 4.42 Å². The molecule has 2 aromatic heterocycles. The molecule has 2 heterocycles. The van der Waals surface area contributed by atoms with Gasteiger partial charge in [0.15, 0.2) is 0 Å². The number of nitrogens with one attached hydrogen (secondary N) is 2. The summed E-state index contributed by atoms with van der Waals surface area (Å²) in [6, 6.07) is 6.46. The van der Waals surface area contributed by atoms with E-state index in [0.29, 0.717) is 17.7 Å². The molecule has 1 aliphatic carbocycles. The number of hydrogen-bond acceptors (Lipinski definition) is 4. The van der Waals surface area contributed by atoms with E-state index in [-0.39, 0.29) is 30.0 Å². The molecule has 28 heavy (non-hydrogen) atoms. The van der Waals surface area contributed by atoms with Crippen LogP contribution >= 0.6 is 0 Å². The number of carbonyl (C=O) groups excluding carboxylic acids is 2. The molecule has 0 bridgehead atoms. The third-order valence-corrected chi connectivity index (χ3v) is 5.63. The zero-order valence-corrected chi connectivity index (χ0v) is 16.4. The highest BCUT2D eigenvalue weighted by molar-refractivity contribution is 5.99. The van der Waals surface area contributed by atoms with Gasteiger partial charge in [0.25, 0.3) is 5.91 Å². The minimum atomic E-state index is -1.05. The first-order valence-electron chi connectivity index (χ1n) is 9.78. The van der Waals surface area contributed by atoms with Crippen molar-refractivity contribution < 1.29 is 14.0 Å². The standard InChI is InChI=1S/C21H27N3O4/c1-3-21(2,20(27)23-16-7-4-5-8-16)24(14-17-9-6-12-28-17)19(26)15-10-11-18(25)22-13-15/h6,9-13,16H,3-5,7-8,14H2,1-2H3,(H,22,25)(H,23,27)/t21-/m0/s1. The second kappa shape index (κ2) is 8.46. The van der Waals surface area contributed by atoms with E-state index in [2.05, 4.69) is 10.3 Å². The molecule has 1 aliphatic rings. The fraction of sp³-hybridized carbons (Fsp3) is 0.476. The first-order valence-corrected chi connectivity index (χ1v) is 9.78. The van der Waals surface area contributed by atoms with Gasteiger partial charge in [0.2, 0.25) is 11.5 Å². The fourth-order valence-electron chi connectivity index (χ4n) is 3.61. The number of hydrogen-bond donors (Lipinski definition) is 2. The highest BCUT2D eigenvalue weighted by Gasteiger charge is 2.42. The van der Waals surface area contributed by atoms with Crippen LogP contribution in [0.15, 0.2) is 45.9 Å². The summed E-state index contributed by atoms with van der Waals surface area (Å²) in [7, 11) is 0. The molecule has 7 nitrogen and oxygen atoms in total. The van der Waals surface area contributed by atoms with Gasteiger partial charge in [-0.1, -0.05) is 19.8 Å². The molecule has 0 aliphatic heterocycles. The summed E-state index contributed by atoms with van der Waals surface area (Å²) in [6.07, 6.45) is 7.53. The van der Waals surface area contributed by atoms with E-state index in [0.717, 1.165) is 25.7 Å².